The van der Waals surface area contributed by atoms with E-state index in [2.05, 4.69) is 19.2 Å². The maximum absolute atomic E-state index is 13.0. The molecule has 2 nitrogen and oxygen atoms in total. The van der Waals surface area contributed by atoms with Crippen molar-refractivity contribution < 1.29 is 9.13 Å². The molecule has 0 aliphatic heterocycles. The van der Waals surface area contributed by atoms with Crippen LogP contribution in [0, 0.1) is 12.7 Å². The second-order valence-corrected chi connectivity index (χ2v) is 4.02. The molecule has 1 unspecified atom stereocenters. The molecule has 1 aromatic rings. The number of hydrogen-bond donors (Lipinski definition) is 1. The summed E-state index contributed by atoms with van der Waals surface area (Å²) in [5, 5.41) is 3.33. The Labute approximate surface area is 96.8 Å². The van der Waals surface area contributed by atoms with Crippen LogP contribution >= 0.6 is 0 Å². The molecule has 0 bridgehead atoms. The molecule has 0 amide bonds. The average molecular weight is 225 g/mol. The fourth-order valence-corrected chi connectivity index (χ4v) is 1.33. The highest BCUT2D eigenvalue weighted by Gasteiger charge is 2.00. The third-order valence-electron chi connectivity index (χ3n) is 2.61. The summed E-state index contributed by atoms with van der Waals surface area (Å²) in [5.41, 5.74) is 0.618. The van der Waals surface area contributed by atoms with E-state index < -0.39 is 0 Å². The first kappa shape index (κ1) is 13.0. The summed E-state index contributed by atoms with van der Waals surface area (Å²) in [6, 6.07) is 5.33. The largest absolute Gasteiger partial charge is 0.492 e. The van der Waals surface area contributed by atoms with Gasteiger partial charge in [0.1, 0.15) is 18.2 Å². The minimum Gasteiger partial charge on any atom is -0.492 e. The van der Waals surface area contributed by atoms with Gasteiger partial charge in [-0.1, -0.05) is 6.92 Å². The third-order valence-corrected chi connectivity index (χ3v) is 2.61. The number of ether oxygens (including phenoxy) is 1. The summed E-state index contributed by atoms with van der Waals surface area (Å²) in [4.78, 5) is 0. The summed E-state index contributed by atoms with van der Waals surface area (Å²) < 4.78 is 18.5. The fourth-order valence-electron chi connectivity index (χ4n) is 1.33. The van der Waals surface area contributed by atoms with Crippen LogP contribution < -0.4 is 10.1 Å². The average Bonchev–Trinajstić information content (AvgIpc) is 2.28. The Hall–Kier alpha value is -1.09. The van der Waals surface area contributed by atoms with Crippen molar-refractivity contribution in [3.63, 3.8) is 0 Å². The van der Waals surface area contributed by atoms with Crippen molar-refractivity contribution in [2.75, 3.05) is 13.2 Å². The van der Waals surface area contributed by atoms with Gasteiger partial charge < -0.3 is 10.1 Å². The standard InChI is InChI=1S/C13H20FNO/c1-4-11(3)15-7-8-16-12-5-6-13(14)10(2)9-12/h5-6,9,11,15H,4,7-8H2,1-3H3. The van der Waals surface area contributed by atoms with Gasteiger partial charge >= 0.3 is 0 Å². The van der Waals surface area contributed by atoms with Gasteiger partial charge in [0.15, 0.2) is 0 Å². The SMILES string of the molecule is CCC(C)NCCOc1ccc(F)c(C)c1. The van der Waals surface area contributed by atoms with Crippen molar-refractivity contribution in [3.05, 3.63) is 29.6 Å². The molecule has 1 rings (SSSR count). The molecule has 0 heterocycles. The van der Waals surface area contributed by atoms with Crippen molar-refractivity contribution >= 4 is 0 Å². The van der Waals surface area contributed by atoms with E-state index >= 15 is 0 Å². The van der Waals surface area contributed by atoms with Crippen LogP contribution in [0.5, 0.6) is 5.75 Å². The lowest BCUT2D eigenvalue weighted by Gasteiger charge is -2.12. The molecule has 1 aromatic carbocycles. The predicted octanol–water partition coefficient (Wildman–Crippen LogP) is 2.90. The number of halogens is 1. The highest BCUT2D eigenvalue weighted by Crippen LogP contribution is 2.15. The summed E-state index contributed by atoms with van der Waals surface area (Å²) >= 11 is 0. The van der Waals surface area contributed by atoms with Gasteiger partial charge in [-0.05, 0) is 44.0 Å². The van der Waals surface area contributed by atoms with E-state index in [0.717, 1.165) is 18.7 Å². The van der Waals surface area contributed by atoms with Crippen LogP contribution in [-0.4, -0.2) is 19.2 Å². The second-order valence-electron chi connectivity index (χ2n) is 4.02. The fraction of sp³-hybridized carbons (Fsp3) is 0.538. The monoisotopic (exact) mass is 225 g/mol. The number of hydrogen-bond acceptors (Lipinski definition) is 2. The first-order valence-corrected chi connectivity index (χ1v) is 5.75. The van der Waals surface area contributed by atoms with E-state index in [0.29, 0.717) is 18.2 Å². The molecule has 16 heavy (non-hydrogen) atoms. The van der Waals surface area contributed by atoms with Crippen LogP contribution in [0.25, 0.3) is 0 Å². The van der Waals surface area contributed by atoms with Crippen molar-refractivity contribution in [3.8, 4) is 5.75 Å². The van der Waals surface area contributed by atoms with Gasteiger partial charge in [-0.15, -0.1) is 0 Å². The van der Waals surface area contributed by atoms with E-state index in [1.807, 2.05) is 0 Å². The number of benzene rings is 1. The summed E-state index contributed by atoms with van der Waals surface area (Å²) in [6.07, 6.45) is 1.11. The minimum absolute atomic E-state index is 0.190. The van der Waals surface area contributed by atoms with Crippen LogP contribution in [0.1, 0.15) is 25.8 Å². The molecular weight excluding hydrogens is 205 g/mol. The number of nitrogens with one attached hydrogen (secondary N) is 1. The normalized spacial score (nSPS) is 12.5. The van der Waals surface area contributed by atoms with Gasteiger partial charge in [0.05, 0.1) is 0 Å². The molecule has 0 spiro atoms. The Bertz CT molecular complexity index is 328. The molecule has 0 saturated carbocycles. The van der Waals surface area contributed by atoms with E-state index in [1.54, 1.807) is 19.1 Å². The van der Waals surface area contributed by atoms with Crippen LogP contribution in [0.2, 0.25) is 0 Å². The first-order valence-electron chi connectivity index (χ1n) is 5.75. The van der Waals surface area contributed by atoms with E-state index in [1.165, 1.54) is 6.07 Å². The summed E-state index contributed by atoms with van der Waals surface area (Å²) in [5.74, 6) is 0.537. The number of rotatable bonds is 6. The molecule has 0 aromatic heterocycles. The molecule has 3 heteroatoms. The maximum atomic E-state index is 13.0. The highest BCUT2D eigenvalue weighted by atomic mass is 19.1. The molecule has 0 radical (unpaired) electrons. The molecule has 0 fully saturated rings. The summed E-state index contributed by atoms with van der Waals surface area (Å²) in [7, 11) is 0. The van der Waals surface area contributed by atoms with Gasteiger partial charge in [0.2, 0.25) is 0 Å². The van der Waals surface area contributed by atoms with Crippen LogP contribution in [0.15, 0.2) is 18.2 Å². The van der Waals surface area contributed by atoms with Crippen molar-refractivity contribution in [1.82, 2.24) is 5.32 Å². The quantitative estimate of drug-likeness (QED) is 0.752. The van der Waals surface area contributed by atoms with Crippen molar-refractivity contribution in [2.45, 2.75) is 33.2 Å². The lowest BCUT2D eigenvalue weighted by atomic mass is 10.2. The zero-order valence-corrected chi connectivity index (χ0v) is 10.2. The maximum Gasteiger partial charge on any atom is 0.126 e. The topological polar surface area (TPSA) is 21.3 Å². The molecule has 0 saturated heterocycles. The van der Waals surface area contributed by atoms with Crippen LogP contribution in [-0.2, 0) is 0 Å². The first-order chi connectivity index (χ1) is 7.63. The Morgan fingerprint density at radius 1 is 1.44 bits per heavy atom. The third kappa shape index (κ3) is 4.19. The van der Waals surface area contributed by atoms with Crippen LogP contribution in [0.4, 0.5) is 4.39 Å². The Balaban J connectivity index is 2.29. The van der Waals surface area contributed by atoms with Gasteiger partial charge in [0, 0.05) is 12.6 Å². The Kier molecular flexibility index (Phi) is 5.26. The Morgan fingerprint density at radius 3 is 2.81 bits per heavy atom. The lowest BCUT2D eigenvalue weighted by Crippen LogP contribution is -2.29. The van der Waals surface area contributed by atoms with Gasteiger partial charge in [-0.3, -0.25) is 0 Å². The Morgan fingerprint density at radius 2 is 2.19 bits per heavy atom. The van der Waals surface area contributed by atoms with Crippen molar-refractivity contribution in [1.29, 1.82) is 0 Å². The van der Waals surface area contributed by atoms with Crippen LogP contribution in [0.3, 0.4) is 0 Å². The molecule has 0 aliphatic rings. The summed E-state index contributed by atoms with van der Waals surface area (Å²) in [6.45, 7) is 7.43. The van der Waals surface area contributed by atoms with Gasteiger partial charge in [-0.2, -0.15) is 0 Å². The zero-order chi connectivity index (χ0) is 12.0. The highest BCUT2D eigenvalue weighted by molar-refractivity contribution is 5.28. The van der Waals surface area contributed by atoms with E-state index in [9.17, 15) is 4.39 Å². The molecule has 0 aliphatic carbocycles. The molecule has 90 valence electrons. The number of aryl methyl sites for hydroxylation is 1. The lowest BCUT2D eigenvalue weighted by molar-refractivity contribution is 0.305. The zero-order valence-electron chi connectivity index (χ0n) is 10.2. The van der Waals surface area contributed by atoms with Crippen molar-refractivity contribution in [2.24, 2.45) is 0 Å². The molecular formula is C13H20FNO. The van der Waals surface area contributed by atoms with E-state index in [-0.39, 0.29) is 5.82 Å². The minimum atomic E-state index is -0.190. The molecule has 1 atom stereocenters. The van der Waals surface area contributed by atoms with Gasteiger partial charge in [-0.25, -0.2) is 4.39 Å². The molecule has 1 N–H and O–H groups in total. The van der Waals surface area contributed by atoms with Gasteiger partial charge in [0.25, 0.3) is 0 Å². The smallest absolute Gasteiger partial charge is 0.126 e. The second kappa shape index (κ2) is 6.48. The predicted molar refractivity (Wildman–Crippen MR) is 64.4 cm³/mol. The van der Waals surface area contributed by atoms with E-state index in [4.69, 9.17) is 4.74 Å².